The Hall–Kier alpha value is -1.18. The van der Waals surface area contributed by atoms with Crippen molar-refractivity contribution in [3.05, 3.63) is 18.5 Å². The Morgan fingerprint density at radius 2 is 2.26 bits per heavy atom. The van der Waals surface area contributed by atoms with Crippen molar-refractivity contribution in [1.82, 2.24) is 9.29 Å². The zero-order valence-electron chi connectivity index (χ0n) is 10.5. The molecule has 1 saturated heterocycles. The third kappa shape index (κ3) is 2.11. The van der Waals surface area contributed by atoms with E-state index in [4.69, 9.17) is 10.5 Å². The van der Waals surface area contributed by atoms with Gasteiger partial charge in [-0.25, -0.2) is 8.42 Å². The predicted octanol–water partition coefficient (Wildman–Crippen LogP) is 0.606. The molecule has 1 saturated carbocycles. The minimum atomic E-state index is -3.58. The maximum absolute atomic E-state index is 12.7. The molecule has 1 aromatic heterocycles. The van der Waals surface area contributed by atoms with Gasteiger partial charge in [0.25, 0.3) is 0 Å². The van der Waals surface area contributed by atoms with E-state index in [9.17, 15) is 8.42 Å². The summed E-state index contributed by atoms with van der Waals surface area (Å²) in [7, 11) is -3.58. The second-order valence-corrected chi connectivity index (χ2v) is 6.80. The number of nitrogen functional groups attached to an aromatic ring is 1. The Bertz CT molecular complexity index is 575. The van der Waals surface area contributed by atoms with Crippen molar-refractivity contribution in [3.8, 4) is 0 Å². The summed E-state index contributed by atoms with van der Waals surface area (Å²) in [6.07, 6.45) is 5.63. The van der Waals surface area contributed by atoms with Crippen LogP contribution in [-0.4, -0.2) is 43.0 Å². The molecule has 0 bridgehead atoms. The number of fused-ring (bicyclic) bond motifs is 1. The summed E-state index contributed by atoms with van der Waals surface area (Å²) < 4.78 is 32.6. The average Bonchev–Trinajstić information content (AvgIpc) is 2.86. The second-order valence-electron chi connectivity index (χ2n) is 4.94. The molecule has 2 fully saturated rings. The predicted molar refractivity (Wildman–Crippen MR) is 69.9 cm³/mol. The highest BCUT2D eigenvalue weighted by atomic mass is 32.2. The van der Waals surface area contributed by atoms with Crippen LogP contribution in [0.3, 0.4) is 0 Å². The summed E-state index contributed by atoms with van der Waals surface area (Å²) >= 11 is 0. The number of morpholine rings is 1. The van der Waals surface area contributed by atoms with Crippen LogP contribution in [0.1, 0.15) is 19.3 Å². The highest BCUT2D eigenvalue weighted by molar-refractivity contribution is 7.89. The summed E-state index contributed by atoms with van der Waals surface area (Å²) in [6, 6.07) is 1.46. The first kappa shape index (κ1) is 12.8. The minimum absolute atomic E-state index is 0.0291. The van der Waals surface area contributed by atoms with Crippen LogP contribution >= 0.6 is 0 Å². The van der Waals surface area contributed by atoms with E-state index in [2.05, 4.69) is 4.98 Å². The van der Waals surface area contributed by atoms with Crippen LogP contribution < -0.4 is 5.73 Å². The first-order chi connectivity index (χ1) is 9.10. The van der Waals surface area contributed by atoms with Crippen molar-refractivity contribution in [2.24, 2.45) is 0 Å². The van der Waals surface area contributed by atoms with Crippen molar-refractivity contribution >= 4 is 15.7 Å². The van der Waals surface area contributed by atoms with Gasteiger partial charge in [-0.15, -0.1) is 0 Å². The summed E-state index contributed by atoms with van der Waals surface area (Å²) in [5.41, 5.74) is 6.02. The van der Waals surface area contributed by atoms with Gasteiger partial charge < -0.3 is 10.5 Å². The molecule has 0 spiro atoms. The van der Waals surface area contributed by atoms with Crippen molar-refractivity contribution in [2.75, 3.05) is 18.9 Å². The monoisotopic (exact) mass is 283 g/mol. The van der Waals surface area contributed by atoms with Gasteiger partial charge in [0.15, 0.2) is 0 Å². The topological polar surface area (TPSA) is 85.5 Å². The van der Waals surface area contributed by atoms with Crippen LogP contribution in [0, 0.1) is 0 Å². The van der Waals surface area contributed by atoms with Crippen molar-refractivity contribution in [3.63, 3.8) is 0 Å². The Kier molecular flexibility index (Phi) is 3.20. The van der Waals surface area contributed by atoms with E-state index in [1.807, 2.05) is 0 Å². The maximum Gasteiger partial charge on any atom is 0.247 e. The zero-order chi connectivity index (χ0) is 13.5. The van der Waals surface area contributed by atoms with Gasteiger partial charge in [0.2, 0.25) is 10.0 Å². The largest absolute Gasteiger partial charge is 0.398 e. The molecule has 2 aliphatic rings. The van der Waals surface area contributed by atoms with E-state index < -0.39 is 10.0 Å². The lowest BCUT2D eigenvalue weighted by Gasteiger charge is -2.36. The maximum atomic E-state index is 12.7. The SMILES string of the molecule is Nc1ccncc1S(=O)(=O)N1CCOC2CCCC21. The van der Waals surface area contributed by atoms with Crippen LogP contribution in [0.2, 0.25) is 0 Å². The lowest BCUT2D eigenvalue weighted by molar-refractivity contribution is -0.0241. The first-order valence-electron chi connectivity index (χ1n) is 6.43. The standard InChI is InChI=1S/C12H17N3O3S/c13-9-4-5-14-8-12(9)19(16,17)15-6-7-18-11-3-1-2-10(11)15/h4-5,8,10-11H,1-3,6-7H2,(H2,13,14). The molecule has 2 unspecified atom stereocenters. The molecule has 0 radical (unpaired) electrons. The molecule has 6 nitrogen and oxygen atoms in total. The normalized spacial score (nSPS) is 28.2. The number of hydrogen-bond acceptors (Lipinski definition) is 5. The molecule has 1 aromatic rings. The molecular formula is C12H17N3O3S. The molecule has 1 aliphatic heterocycles. The van der Waals surface area contributed by atoms with Gasteiger partial charge in [-0.3, -0.25) is 4.98 Å². The minimum Gasteiger partial charge on any atom is -0.398 e. The fraction of sp³-hybridized carbons (Fsp3) is 0.583. The molecule has 7 heteroatoms. The van der Waals surface area contributed by atoms with Crippen LogP contribution in [0.15, 0.2) is 23.4 Å². The van der Waals surface area contributed by atoms with Crippen LogP contribution in [0.4, 0.5) is 5.69 Å². The molecule has 2 heterocycles. The highest BCUT2D eigenvalue weighted by Gasteiger charge is 2.42. The van der Waals surface area contributed by atoms with Gasteiger partial charge in [-0.05, 0) is 25.3 Å². The summed E-state index contributed by atoms with van der Waals surface area (Å²) in [4.78, 5) is 3.97. The molecule has 3 rings (SSSR count). The number of hydrogen-bond donors (Lipinski definition) is 1. The molecule has 104 valence electrons. The van der Waals surface area contributed by atoms with Crippen molar-refractivity contribution < 1.29 is 13.2 Å². The van der Waals surface area contributed by atoms with Crippen LogP contribution in [0.5, 0.6) is 0 Å². The van der Waals surface area contributed by atoms with Gasteiger partial charge in [-0.1, -0.05) is 0 Å². The molecule has 19 heavy (non-hydrogen) atoms. The van der Waals surface area contributed by atoms with Crippen molar-refractivity contribution in [1.29, 1.82) is 0 Å². The zero-order valence-corrected chi connectivity index (χ0v) is 11.3. The van der Waals surface area contributed by atoms with E-state index in [0.29, 0.717) is 13.2 Å². The number of rotatable bonds is 2. The molecule has 2 atom stereocenters. The summed E-state index contributed by atoms with van der Waals surface area (Å²) in [6.45, 7) is 0.832. The van der Waals surface area contributed by atoms with Gasteiger partial charge in [-0.2, -0.15) is 4.31 Å². The Morgan fingerprint density at radius 1 is 1.42 bits per heavy atom. The Morgan fingerprint density at radius 3 is 3.05 bits per heavy atom. The van der Waals surface area contributed by atoms with E-state index in [1.54, 1.807) is 4.31 Å². The third-order valence-corrected chi connectivity index (χ3v) is 5.80. The number of pyridine rings is 1. The Balaban J connectivity index is 1.98. The molecule has 0 aromatic carbocycles. The third-order valence-electron chi connectivity index (χ3n) is 3.83. The number of ether oxygens (including phenoxy) is 1. The molecular weight excluding hydrogens is 266 g/mol. The summed E-state index contributed by atoms with van der Waals surface area (Å²) in [5.74, 6) is 0. The van der Waals surface area contributed by atoms with Crippen LogP contribution in [-0.2, 0) is 14.8 Å². The number of anilines is 1. The van der Waals surface area contributed by atoms with Crippen molar-refractivity contribution in [2.45, 2.75) is 36.3 Å². The fourth-order valence-electron chi connectivity index (χ4n) is 2.92. The molecule has 1 aliphatic carbocycles. The fourth-order valence-corrected chi connectivity index (χ4v) is 4.65. The summed E-state index contributed by atoms with van der Waals surface area (Å²) in [5, 5.41) is 0. The Labute approximate surface area is 112 Å². The van der Waals surface area contributed by atoms with Crippen LogP contribution in [0.25, 0.3) is 0 Å². The second kappa shape index (κ2) is 4.73. The van der Waals surface area contributed by atoms with E-state index >= 15 is 0 Å². The smallest absolute Gasteiger partial charge is 0.247 e. The quantitative estimate of drug-likeness (QED) is 0.859. The lowest BCUT2D eigenvalue weighted by Crippen LogP contribution is -2.51. The van der Waals surface area contributed by atoms with Gasteiger partial charge in [0, 0.05) is 18.9 Å². The highest BCUT2D eigenvalue weighted by Crippen LogP contribution is 2.34. The number of nitrogens with zero attached hydrogens (tertiary/aromatic N) is 2. The molecule has 2 N–H and O–H groups in total. The van der Waals surface area contributed by atoms with E-state index in [-0.39, 0.29) is 22.7 Å². The number of sulfonamides is 1. The van der Waals surface area contributed by atoms with Gasteiger partial charge in [0.1, 0.15) is 4.90 Å². The van der Waals surface area contributed by atoms with Gasteiger partial charge in [0.05, 0.1) is 24.4 Å². The lowest BCUT2D eigenvalue weighted by atomic mass is 10.2. The van der Waals surface area contributed by atoms with E-state index in [0.717, 1.165) is 19.3 Å². The molecule has 0 amide bonds. The number of nitrogens with two attached hydrogens (primary N) is 1. The van der Waals surface area contributed by atoms with E-state index in [1.165, 1.54) is 18.5 Å². The number of aromatic nitrogens is 1. The average molecular weight is 283 g/mol. The van der Waals surface area contributed by atoms with Gasteiger partial charge >= 0.3 is 0 Å². The first-order valence-corrected chi connectivity index (χ1v) is 7.87.